The van der Waals surface area contributed by atoms with E-state index in [0.29, 0.717) is 5.92 Å². The molecule has 0 aromatic carbocycles. The van der Waals surface area contributed by atoms with Crippen molar-refractivity contribution in [1.82, 2.24) is 0 Å². The van der Waals surface area contributed by atoms with Crippen LogP contribution in [0.15, 0.2) is 0 Å². The van der Waals surface area contributed by atoms with Crippen molar-refractivity contribution in [2.75, 3.05) is 0 Å². The van der Waals surface area contributed by atoms with Crippen LogP contribution >= 0.6 is 0 Å². The Balaban J connectivity index is 2.08. The van der Waals surface area contributed by atoms with E-state index in [2.05, 4.69) is 6.92 Å². The molecule has 1 saturated carbocycles. The molecule has 0 spiro atoms. The van der Waals surface area contributed by atoms with E-state index < -0.39 is 0 Å². The zero-order valence-corrected chi connectivity index (χ0v) is 6.14. The molecule has 0 aromatic heterocycles. The molecule has 1 atom stereocenters. The molecule has 0 amide bonds. The van der Waals surface area contributed by atoms with Crippen LogP contribution in [0.1, 0.15) is 39.0 Å². The Morgan fingerprint density at radius 2 is 2.22 bits per heavy atom. The van der Waals surface area contributed by atoms with E-state index in [1.165, 1.54) is 19.3 Å². The highest BCUT2D eigenvalue weighted by molar-refractivity contribution is 4.76. The average molecular weight is 128 g/mol. The van der Waals surface area contributed by atoms with E-state index in [4.69, 9.17) is 0 Å². The lowest BCUT2D eigenvalue weighted by atomic mass is 9.80. The van der Waals surface area contributed by atoms with Crippen LogP contribution in [-0.4, -0.2) is 11.2 Å². The fraction of sp³-hybridized carbons (Fsp3) is 1.00. The molecule has 0 saturated heterocycles. The fourth-order valence-corrected chi connectivity index (χ4v) is 1.36. The summed E-state index contributed by atoms with van der Waals surface area (Å²) in [5.41, 5.74) is 0. The highest BCUT2D eigenvalue weighted by Gasteiger charge is 2.24. The lowest BCUT2D eigenvalue weighted by Gasteiger charge is -2.29. The highest BCUT2D eigenvalue weighted by Crippen LogP contribution is 2.31. The molecule has 9 heavy (non-hydrogen) atoms. The number of aliphatic hydroxyl groups excluding tert-OH is 1. The van der Waals surface area contributed by atoms with Crippen molar-refractivity contribution >= 4 is 0 Å². The van der Waals surface area contributed by atoms with E-state index in [1.54, 1.807) is 0 Å². The van der Waals surface area contributed by atoms with Crippen LogP contribution < -0.4 is 0 Å². The number of rotatable bonds is 3. The van der Waals surface area contributed by atoms with Gasteiger partial charge in [-0.1, -0.05) is 19.8 Å². The van der Waals surface area contributed by atoms with Crippen molar-refractivity contribution in [2.45, 2.75) is 45.1 Å². The molecule has 1 rings (SSSR count). The monoisotopic (exact) mass is 128 g/mol. The zero-order chi connectivity index (χ0) is 6.69. The molecule has 1 heteroatoms. The minimum atomic E-state index is 0.0174. The van der Waals surface area contributed by atoms with Gasteiger partial charge in [0.05, 0.1) is 6.10 Å². The standard InChI is InChI=1S/C8H16O/c1-2-4-8(9)7-5-3-6-7/h7-9H,2-6H2,1H3/t8-/m1/s1. The zero-order valence-electron chi connectivity index (χ0n) is 6.14. The van der Waals surface area contributed by atoms with E-state index >= 15 is 0 Å². The predicted molar refractivity (Wildman–Crippen MR) is 38.3 cm³/mol. The molecule has 0 radical (unpaired) electrons. The molecule has 0 unspecified atom stereocenters. The molecule has 1 N–H and O–H groups in total. The molecule has 0 aliphatic heterocycles. The van der Waals surface area contributed by atoms with E-state index in [1.807, 2.05) is 0 Å². The van der Waals surface area contributed by atoms with E-state index in [0.717, 1.165) is 12.8 Å². The van der Waals surface area contributed by atoms with Gasteiger partial charge in [-0.25, -0.2) is 0 Å². The molecule has 1 fully saturated rings. The minimum absolute atomic E-state index is 0.0174. The molecular formula is C8H16O. The quantitative estimate of drug-likeness (QED) is 0.616. The van der Waals surface area contributed by atoms with Crippen molar-refractivity contribution in [3.05, 3.63) is 0 Å². The van der Waals surface area contributed by atoms with E-state index in [9.17, 15) is 5.11 Å². The molecule has 0 heterocycles. The first kappa shape index (κ1) is 7.07. The summed E-state index contributed by atoms with van der Waals surface area (Å²) in [5.74, 6) is 0.657. The van der Waals surface area contributed by atoms with Crippen molar-refractivity contribution in [3.8, 4) is 0 Å². The number of aliphatic hydroxyl groups is 1. The smallest absolute Gasteiger partial charge is 0.0568 e. The summed E-state index contributed by atoms with van der Waals surface area (Å²) in [7, 11) is 0. The maximum Gasteiger partial charge on any atom is 0.0568 e. The van der Waals surface area contributed by atoms with Crippen LogP contribution in [-0.2, 0) is 0 Å². The van der Waals surface area contributed by atoms with Crippen LogP contribution in [0.2, 0.25) is 0 Å². The topological polar surface area (TPSA) is 20.2 Å². The third-order valence-corrected chi connectivity index (χ3v) is 2.28. The van der Waals surface area contributed by atoms with Crippen LogP contribution in [0.5, 0.6) is 0 Å². The van der Waals surface area contributed by atoms with Crippen LogP contribution in [0.3, 0.4) is 0 Å². The lowest BCUT2D eigenvalue weighted by molar-refractivity contribution is 0.0552. The van der Waals surface area contributed by atoms with Gasteiger partial charge in [-0.2, -0.15) is 0 Å². The summed E-state index contributed by atoms with van der Waals surface area (Å²) in [6.07, 6.45) is 6.01. The molecular weight excluding hydrogens is 112 g/mol. The SMILES string of the molecule is CCC[C@@H](O)C1CCC1. The summed E-state index contributed by atoms with van der Waals surface area (Å²) in [5, 5.41) is 9.37. The predicted octanol–water partition coefficient (Wildman–Crippen LogP) is 1.95. The van der Waals surface area contributed by atoms with Crippen LogP contribution in [0.4, 0.5) is 0 Å². The summed E-state index contributed by atoms with van der Waals surface area (Å²) >= 11 is 0. The van der Waals surface area contributed by atoms with Gasteiger partial charge in [0.2, 0.25) is 0 Å². The Hall–Kier alpha value is -0.0400. The van der Waals surface area contributed by atoms with Crippen LogP contribution in [0, 0.1) is 5.92 Å². The second-order valence-corrected chi connectivity index (χ2v) is 3.05. The lowest BCUT2D eigenvalue weighted by Crippen LogP contribution is -2.26. The van der Waals surface area contributed by atoms with Crippen molar-refractivity contribution in [1.29, 1.82) is 0 Å². The van der Waals surface area contributed by atoms with Gasteiger partial charge < -0.3 is 5.11 Å². The summed E-state index contributed by atoms with van der Waals surface area (Å²) in [4.78, 5) is 0. The molecule has 54 valence electrons. The molecule has 1 nitrogen and oxygen atoms in total. The van der Waals surface area contributed by atoms with Gasteiger partial charge >= 0.3 is 0 Å². The Kier molecular flexibility index (Phi) is 2.52. The minimum Gasteiger partial charge on any atom is -0.393 e. The Morgan fingerprint density at radius 3 is 2.56 bits per heavy atom. The van der Waals surface area contributed by atoms with Crippen molar-refractivity contribution < 1.29 is 5.11 Å². The van der Waals surface area contributed by atoms with Crippen molar-refractivity contribution in [3.63, 3.8) is 0 Å². The maximum atomic E-state index is 9.37. The van der Waals surface area contributed by atoms with Crippen LogP contribution in [0.25, 0.3) is 0 Å². The largest absolute Gasteiger partial charge is 0.393 e. The average Bonchev–Trinajstić information content (AvgIpc) is 1.60. The van der Waals surface area contributed by atoms with Gasteiger partial charge in [0, 0.05) is 0 Å². The number of hydrogen-bond acceptors (Lipinski definition) is 1. The Labute approximate surface area is 57.1 Å². The molecule has 0 bridgehead atoms. The van der Waals surface area contributed by atoms with Gasteiger partial charge in [-0.15, -0.1) is 0 Å². The first-order chi connectivity index (χ1) is 4.34. The third kappa shape index (κ3) is 1.68. The highest BCUT2D eigenvalue weighted by atomic mass is 16.3. The number of hydrogen-bond donors (Lipinski definition) is 1. The molecule has 0 aromatic rings. The first-order valence-electron chi connectivity index (χ1n) is 4.02. The normalized spacial score (nSPS) is 23.3. The van der Waals surface area contributed by atoms with E-state index in [-0.39, 0.29) is 6.10 Å². The second-order valence-electron chi connectivity index (χ2n) is 3.05. The summed E-state index contributed by atoms with van der Waals surface area (Å²) in [6.45, 7) is 2.13. The molecule has 1 aliphatic rings. The Bertz CT molecular complexity index is 76.6. The van der Waals surface area contributed by atoms with Gasteiger partial charge in [0.15, 0.2) is 0 Å². The fourth-order valence-electron chi connectivity index (χ4n) is 1.36. The van der Waals surface area contributed by atoms with Gasteiger partial charge in [0.1, 0.15) is 0 Å². The summed E-state index contributed by atoms with van der Waals surface area (Å²) < 4.78 is 0. The molecule has 1 aliphatic carbocycles. The Morgan fingerprint density at radius 1 is 1.56 bits per heavy atom. The van der Waals surface area contributed by atoms with Gasteiger partial charge in [-0.05, 0) is 25.2 Å². The van der Waals surface area contributed by atoms with Crippen molar-refractivity contribution in [2.24, 2.45) is 5.92 Å². The summed E-state index contributed by atoms with van der Waals surface area (Å²) in [6, 6.07) is 0. The maximum absolute atomic E-state index is 9.37. The second kappa shape index (κ2) is 3.21. The first-order valence-corrected chi connectivity index (χ1v) is 4.02. The van der Waals surface area contributed by atoms with Gasteiger partial charge in [-0.3, -0.25) is 0 Å². The third-order valence-electron chi connectivity index (χ3n) is 2.28. The van der Waals surface area contributed by atoms with Gasteiger partial charge in [0.25, 0.3) is 0 Å².